The lowest BCUT2D eigenvalue weighted by Crippen LogP contribution is -1.92. The molecule has 0 spiro atoms. The third-order valence-corrected chi connectivity index (χ3v) is 2.22. The summed E-state index contributed by atoms with van der Waals surface area (Å²) in [6, 6.07) is 11.4. The van der Waals surface area contributed by atoms with E-state index in [0.29, 0.717) is 11.3 Å². The van der Waals surface area contributed by atoms with Crippen LogP contribution in [0.3, 0.4) is 0 Å². The molecular formula is C11H7N3. The Morgan fingerprint density at radius 3 is 2.64 bits per heavy atom. The highest BCUT2D eigenvalue weighted by Crippen LogP contribution is 2.17. The van der Waals surface area contributed by atoms with Gasteiger partial charge in [-0.05, 0) is 25.1 Å². The Hall–Kier alpha value is -2.26. The Morgan fingerprint density at radius 2 is 2.00 bits per heavy atom. The van der Waals surface area contributed by atoms with Crippen LogP contribution in [0.5, 0.6) is 0 Å². The molecule has 0 amide bonds. The minimum absolute atomic E-state index is 0.509. The fourth-order valence-corrected chi connectivity index (χ4v) is 1.59. The summed E-state index contributed by atoms with van der Waals surface area (Å²) in [7, 11) is 0. The number of nitrogens with zero attached hydrogens (tertiary/aromatic N) is 3. The Labute approximate surface area is 81.4 Å². The number of hydrogen-bond donors (Lipinski definition) is 0. The van der Waals surface area contributed by atoms with Crippen LogP contribution in [0.1, 0.15) is 17.0 Å². The fraction of sp³-hybridized carbons (Fsp3) is 0.0909. The van der Waals surface area contributed by atoms with E-state index in [1.807, 2.05) is 25.1 Å². The zero-order valence-electron chi connectivity index (χ0n) is 7.65. The normalized spacial score (nSPS) is 9.64. The molecule has 2 heterocycles. The maximum absolute atomic E-state index is 8.89. The van der Waals surface area contributed by atoms with E-state index in [-0.39, 0.29) is 0 Å². The van der Waals surface area contributed by atoms with Gasteiger partial charge in [0.2, 0.25) is 0 Å². The number of hydrogen-bond acceptors (Lipinski definition) is 2. The lowest BCUT2D eigenvalue weighted by Gasteiger charge is -2.00. The Morgan fingerprint density at radius 1 is 1.21 bits per heavy atom. The first-order valence-corrected chi connectivity index (χ1v) is 4.19. The smallest absolute Gasteiger partial charge is 0.126 e. The van der Waals surface area contributed by atoms with Crippen molar-refractivity contribution in [1.82, 2.24) is 4.40 Å². The van der Waals surface area contributed by atoms with Crippen LogP contribution < -0.4 is 0 Å². The van der Waals surface area contributed by atoms with Crippen molar-refractivity contribution < 1.29 is 0 Å². The standard InChI is InChI=1S/C11H7N3/c1-8-3-2-4-11-9(6-12)5-10(7-13)14(8)11/h2-5H,1H3. The molecule has 0 fully saturated rings. The first kappa shape index (κ1) is 8.34. The summed E-state index contributed by atoms with van der Waals surface area (Å²) in [6.07, 6.45) is 0. The molecule has 0 radical (unpaired) electrons. The molecule has 0 N–H and O–H groups in total. The predicted molar refractivity (Wildman–Crippen MR) is 51.6 cm³/mol. The van der Waals surface area contributed by atoms with Gasteiger partial charge in [0.1, 0.15) is 17.8 Å². The van der Waals surface area contributed by atoms with Gasteiger partial charge in [0.05, 0.1) is 11.1 Å². The van der Waals surface area contributed by atoms with E-state index in [4.69, 9.17) is 10.5 Å². The number of aryl methyl sites for hydroxylation is 1. The van der Waals surface area contributed by atoms with Crippen molar-refractivity contribution in [2.24, 2.45) is 0 Å². The quantitative estimate of drug-likeness (QED) is 0.624. The lowest BCUT2D eigenvalue weighted by molar-refractivity contribution is 1.08. The first-order chi connectivity index (χ1) is 6.77. The summed E-state index contributed by atoms with van der Waals surface area (Å²) in [5, 5.41) is 17.8. The molecule has 2 aromatic heterocycles. The van der Waals surface area contributed by atoms with Gasteiger partial charge in [0, 0.05) is 5.69 Å². The largest absolute Gasteiger partial charge is 0.304 e. The summed E-state index contributed by atoms with van der Waals surface area (Å²) in [5.74, 6) is 0. The lowest BCUT2D eigenvalue weighted by atomic mass is 10.2. The van der Waals surface area contributed by atoms with Crippen molar-refractivity contribution in [3.8, 4) is 12.1 Å². The van der Waals surface area contributed by atoms with Crippen molar-refractivity contribution in [2.75, 3.05) is 0 Å². The highest BCUT2D eigenvalue weighted by Gasteiger charge is 2.08. The van der Waals surface area contributed by atoms with Crippen molar-refractivity contribution in [3.63, 3.8) is 0 Å². The summed E-state index contributed by atoms with van der Waals surface area (Å²) in [6.45, 7) is 1.91. The number of fused-ring (bicyclic) bond motifs is 1. The molecule has 0 saturated carbocycles. The maximum Gasteiger partial charge on any atom is 0.126 e. The van der Waals surface area contributed by atoms with E-state index >= 15 is 0 Å². The highest BCUT2D eigenvalue weighted by atomic mass is 14.9. The number of aromatic nitrogens is 1. The van der Waals surface area contributed by atoms with E-state index in [9.17, 15) is 0 Å². The fourth-order valence-electron chi connectivity index (χ4n) is 1.59. The van der Waals surface area contributed by atoms with E-state index in [0.717, 1.165) is 11.2 Å². The molecule has 0 aliphatic heterocycles. The van der Waals surface area contributed by atoms with Crippen LogP contribution in [0.15, 0.2) is 24.3 Å². The highest BCUT2D eigenvalue weighted by molar-refractivity contribution is 5.65. The minimum Gasteiger partial charge on any atom is -0.304 e. The molecule has 0 aromatic carbocycles. The van der Waals surface area contributed by atoms with Crippen LogP contribution in [0.4, 0.5) is 0 Å². The summed E-state index contributed by atoms with van der Waals surface area (Å²) in [4.78, 5) is 0. The molecule has 0 aliphatic rings. The van der Waals surface area contributed by atoms with Crippen molar-refractivity contribution >= 4 is 5.52 Å². The molecule has 0 bridgehead atoms. The molecule has 14 heavy (non-hydrogen) atoms. The third kappa shape index (κ3) is 0.967. The van der Waals surface area contributed by atoms with Crippen LogP contribution in [-0.4, -0.2) is 4.40 Å². The maximum atomic E-state index is 8.89. The van der Waals surface area contributed by atoms with Gasteiger partial charge in [0.15, 0.2) is 0 Å². The van der Waals surface area contributed by atoms with E-state index in [2.05, 4.69) is 12.1 Å². The summed E-state index contributed by atoms with van der Waals surface area (Å²) < 4.78 is 1.79. The van der Waals surface area contributed by atoms with Crippen LogP contribution in [-0.2, 0) is 0 Å². The van der Waals surface area contributed by atoms with Crippen molar-refractivity contribution in [1.29, 1.82) is 10.5 Å². The number of nitriles is 2. The van der Waals surface area contributed by atoms with Gasteiger partial charge in [0.25, 0.3) is 0 Å². The van der Waals surface area contributed by atoms with Crippen LogP contribution >= 0.6 is 0 Å². The van der Waals surface area contributed by atoms with Gasteiger partial charge in [-0.15, -0.1) is 0 Å². The third-order valence-electron chi connectivity index (χ3n) is 2.22. The molecule has 0 atom stereocenters. The van der Waals surface area contributed by atoms with Gasteiger partial charge in [-0.2, -0.15) is 10.5 Å². The summed E-state index contributed by atoms with van der Waals surface area (Å²) in [5.41, 5.74) is 2.81. The van der Waals surface area contributed by atoms with E-state index < -0.39 is 0 Å². The Kier molecular flexibility index (Phi) is 1.73. The topological polar surface area (TPSA) is 52.0 Å². The zero-order chi connectivity index (χ0) is 10.1. The molecule has 3 heteroatoms. The molecule has 2 aromatic rings. The second kappa shape index (κ2) is 2.90. The van der Waals surface area contributed by atoms with Gasteiger partial charge in [-0.1, -0.05) is 6.07 Å². The van der Waals surface area contributed by atoms with Crippen LogP contribution in [0.2, 0.25) is 0 Å². The average Bonchev–Trinajstić information content (AvgIpc) is 2.57. The zero-order valence-corrected chi connectivity index (χ0v) is 7.65. The SMILES string of the molecule is Cc1cccc2c(C#N)cc(C#N)n12. The molecule has 0 saturated heterocycles. The molecular weight excluding hydrogens is 174 g/mol. The predicted octanol–water partition coefficient (Wildman–Crippen LogP) is 1.99. The van der Waals surface area contributed by atoms with Gasteiger partial charge in [-0.3, -0.25) is 0 Å². The van der Waals surface area contributed by atoms with E-state index in [1.165, 1.54) is 0 Å². The molecule has 3 nitrogen and oxygen atoms in total. The van der Waals surface area contributed by atoms with Gasteiger partial charge < -0.3 is 4.40 Å². The molecule has 0 aliphatic carbocycles. The second-order valence-electron chi connectivity index (χ2n) is 3.05. The van der Waals surface area contributed by atoms with E-state index in [1.54, 1.807) is 10.5 Å². The average molecular weight is 181 g/mol. The molecule has 66 valence electrons. The molecule has 2 rings (SSSR count). The minimum atomic E-state index is 0.509. The van der Waals surface area contributed by atoms with Crippen LogP contribution in [0, 0.1) is 29.6 Å². The molecule has 0 unspecified atom stereocenters. The summed E-state index contributed by atoms with van der Waals surface area (Å²) >= 11 is 0. The van der Waals surface area contributed by atoms with Gasteiger partial charge in [-0.25, -0.2) is 0 Å². The Bertz CT molecular complexity index is 579. The monoisotopic (exact) mass is 181 g/mol. The van der Waals surface area contributed by atoms with Crippen LogP contribution in [0.25, 0.3) is 5.52 Å². The number of pyridine rings is 1. The van der Waals surface area contributed by atoms with Gasteiger partial charge >= 0.3 is 0 Å². The van der Waals surface area contributed by atoms with Crippen molar-refractivity contribution in [2.45, 2.75) is 6.92 Å². The number of rotatable bonds is 0. The Balaban J connectivity index is 3.00. The van der Waals surface area contributed by atoms with Crippen molar-refractivity contribution in [3.05, 3.63) is 41.2 Å². The second-order valence-corrected chi connectivity index (χ2v) is 3.05. The first-order valence-electron chi connectivity index (χ1n) is 4.19.